The second-order valence-electron chi connectivity index (χ2n) is 3.77. The van der Waals surface area contributed by atoms with Crippen LogP contribution in [-0.2, 0) is 7.05 Å². The molecule has 86 valence electrons. The number of fused-ring (bicyclic) bond motifs is 1. The Bertz CT molecular complexity index is 669. The maximum Gasteiger partial charge on any atom is 0.300 e. The Morgan fingerprint density at radius 1 is 1.41 bits per heavy atom. The van der Waals surface area contributed by atoms with Crippen molar-refractivity contribution < 1.29 is 4.42 Å². The summed E-state index contributed by atoms with van der Waals surface area (Å²) in [5.41, 5.74) is 8.60. The predicted molar refractivity (Wildman–Crippen MR) is 64.9 cm³/mol. The highest BCUT2D eigenvalue weighted by Crippen LogP contribution is 2.23. The standard InChI is InChI=1S/C11H11N5O/c1-16-6-8(5-13-16)14-11-15-9-4-7(12)2-3-10(9)17-11/h2-6H,12H2,1H3,(H,14,15). The summed E-state index contributed by atoms with van der Waals surface area (Å²) in [5, 5.41) is 7.08. The van der Waals surface area contributed by atoms with Gasteiger partial charge in [0, 0.05) is 18.9 Å². The summed E-state index contributed by atoms with van der Waals surface area (Å²) in [4.78, 5) is 4.28. The molecule has 17 heavy (non-hydrogen) atoms. The second-order valence-corrected chi connectivity index (χ2v) is 3.77. The Labute approximate surface area is 97.0 Å². The van der Waals surface area contributed by atoms with Gasteiger partial charge >= 0.3 is 0 Å². The first-order chi connectivity index (χ1) is 8.20. The van der Waals surface area contributed by atoms with Crippen LogP contribution < -0.4 is 11.1 Å². The molecule has 6 heteroatoms. The predicted octanol–water partition coefficient (Wildman–Crippen LogP) is 1.89. The van der Waals surface area contributed by atoms with E-state index >= 15 is 0 Å². The summed E-state index contributed by atoms with van der Waals surface area (Å²) in [6, 6.07) is 5.78. The van der Waals surface area contributed by atoms with Gasteiger partial charge in [-0.25, -0.2) is 0 Å². The lowest BCUT2D eigenvalue weighted by Crippen LogP contribution is -1.88. The lowest BCUT2D eigenvalue weighted by atomic mass is 10.3. The van der Waals surface area contributed by atoms with E-state index in [9.17, 15) is 0 Å². The van der Waals surface area contributed by atoms with E-state index < -0.39 is 0 Å². The smallest absolute Gasteiger partial charge is 0.300 e. The van der Waals surface area contributed by atoms with Crippen molar-refractivity contribution in [3.8, 4) is 0 Å². The van der Waals surface area contributed by atoms with Crippen molar-refractivity contribution in [3.63, 3.8) is 0 Å². The molecule has 0 bridgehead atoms. The van der Waals surface area contributed by atoms with Crippen LogP contribution in [0.15, 0.2) is 35.0 Å². The van der Waals surface area contributed by atoms with Crippen molar-refractivity contribution >= 4 is 28.5 Å². The minimum absolute atomic E-state index is 0.429. The number of nitrogens with zero attached hydrogens (tertiary/aromatic N) is 3. The van der Waals surface area contributed by atoms with Gasteiger partial charge in [0.25, 0.3) is 6.01 Å². The first kappa shape index (κ1) is 9.71. The summed E-state index contributed by atoms with van der Waals surface area (Å²) >= 11 is 0. The molecule has 0 amide bonds. The summed E-state index contributed by atoms with van der Waals surface area (Å²) in [5.74, 6) is 0. The maximum atomic E-state index is 5.67. The van der Waals surface area contributed by atoms with Gasteiger partial charge in [-0.05, 0) is 18.2 Å². The topological polar surface area (TPSA) is 81.9 Å². The average molecular weight is 229 g/mol. The average Bonchev–Trinajstić information content (AvgIpc) is 2.84. The minimum atomic E-state index is 0.429. The van der Waals surface area contributed by atoms with Crippen LogP contribution >= 0.6 is 0 Å². The molecular formula is C11H11N5O. The summed E-state index contributed by atoms with van der Waals surface area (Å²) in [7, 11) is 1.85. The highest BCUT2D eigenvalue weighted by molar-refractivity contribution is 5.78. The quantitative estimate of drug-likeness (QED) is 0.656. The van der Waals surface area contributed by atoms with E-state index in [2.05, 4.69) is 15.4 Å². The number of anilines is 3. The summed E-state index contributed by atoms with van der Waals surface area (Å²) in [6.07, 6.45) is 3.53. The molecule has 0 saturated carbocycles. The number of hydrogen-bond acceptors (Lipinski definition) is 5. The third-order valence-corrected chi connectivity index (χ3v) is 2.37. The molecule has 6 nitrogen and oxygen atoms in total. The fraction of sp³-hybridized carbons (Fsp3) is 0.0909. The molecule has 3 rings (SSSR count). The van der Waals surface area contributed by atoms with E-state index in [0.29, 0.717) is 17.3 Å². The van der Waals surface area contributed by atoms with Crippen LogP contribution in [0.2, 0.25) is 0 Å². The lowest BCUT2D eigenvalue weighted by Gasteiger charge is -1.93. The summed E-state index contributed by atoms with van der Waals surface area (Å²) < 4.78 is 7.22. The maximum absolute atomic E-state index is 5.67. The zero-order valence-corrected chi connectivity index (χ0v) is 9.21. The van der Waals surface area contributed by atoms with Gasteiger partial charge in [-0.2, -0.15) is 10.1 Å². The van der Waals surface area contributed by atoms with Crippen molar-refractivity contribution in [2.75, 3.05) is 11.1 Å². The largest absolute Gasteiger partial charge is 0.423 e. The van der Waals surface area contributed by atoms with Gasteiger partial charge in [-0.3, -0.25) is 4.68 Å². The molecular weight excluding hydrogens is 218 g/mol. The van der Waals surface area contributed by atoms with Crippen molar-refractivity contribution in [1.82, 2.24) is 14.8 Å². The van der Waals surface area contributed by atoms with Crippen molar-refractivity contribution in [3.05, 3.63) is 30.6 Å². The molecule has 0 aliphatic carbocycles. The van der Waals surface area contributed by atoms with E-state index in [4.69, 9.17) is 10.2 Å². The fourth-order valence-corrected chi connectivity index (χ4v) is 1.61. The molecule has 0 saturated heterocycles. The number of aromatic nitrogens is 3. The number of nitrogens with two attached hydrogens (primary N) is 1. The number of aryl methyl sites for hydroxylation is 1. The Hall–Kier alpha value is -2.50. The third-order valence-electron chi connectivity index (χ3n) is 2.37. The zero-order chi connectivity index (χ0) is 11.8. The van der Waals surface area contributed by atoms with Crippen LogP contribution in [0.25, 0.3) is 11.1 Å². The van der Waals surface area contributed by atoms with Gasteiger partial charge in [0.2, 0.25) is 0 Å². The van der Waals surface area contributed by atoms with E-state index in [0.717, 1.165) is 11.2 Å². The van der Waals surface area contributed by atoms with Crippen molar-refractivity contribution in [2.24, 2.45) is 7.05 Å². The molecule has 0 atom stereocenters. The second kappa shape index (κ2) is 3.51. The van der Waals surface area contributed by atoms with E-state index in [-0.39, 0.29) is 0 Å². The van der Waals surface area contributed by atoms with Crippen LogP contribution in [0.5, 0.6) is 0 Å². The van der Waals surface area contributed by atoms with Gasteiger partial charge in [-0.15, -0.1) is 0 Å². The van der Waals surface area contributed by atoms with Crippen LogP contribution in [0.4, 0.5) is 17.4 Å². The Balaban J connectivity index is 1.95. The van der Waals surface area contributed by atoms with Crippen LogP contribution in [0, 0.1) is 0 Å². The van der Waals surface area contributed by atoms with Gasteiger partial charge in [0.05, 0.1) is 11.9 Å². The molecule has 1 aromatic carbocycles. The van der Waals surface area contributed by atoms with Crippen molar-refractivity contribution in [2.45, 2.75) is 0 Å². The Morgan fingerprint density at radius 3 is 3.06 bits per heavy atom. The molecule has 0 spiro atoms. The zero-order valence-electron chi connectivity index (χ0n) is 9.21. The van der Waals surface area contributed by atoms with E-state index in [1.54, 1.807) is 29.1 Å². The number of benzene rings is 1. The van der Waals surface area contributed by atoms with Crippen molar-refractivity contribution in [1.29, 1.82) is 0 Å². The molecule has 3 aromatic rings. The molecule has 2 heterocycles. The van der Waals surface area contributed by atoms with Gasteiger partial charge in [0.1, 0.15) is 5.52 Å². The SMILES string of the molecule is Cn1cc(Nc2nc3cc(N)ccc3o2)cn1. The molecule has 0 aliphatic rings. The lowest BCUT2D eigenvalue weighted by molar-refractivity contribution is 0.623. The van der Waals surface area contributed by atoms with E-state index in [1.165, 1.54) is 0 Å². The number of nitrogens with one attached hydrogen (secondary N) is 1. The molecule has 0 radical (unpaired) electrons. The van der Waals surface area contributed by atoms with Gasteiger partial charge < -0.3 is 15.5 Å². The normalized spacial score (nSPS) is 10.9. The van der Waals surface area contributed by atoms with Gasteiger partial charge in [-0.1, -0.05) is 0 Å². The Kier molecular flexibility index (Phi) is 2.01. The number of oxazole rings is 1. The molecule has 3 N–H and O–H groups in total. The fourth-order valence-electron chi connectivity index (χ4n) is 1.61. The van der Waals surface area contributed by atoms with Crippen LogP contribution in [0.1, 0.15) is 0 Å². The Morgan fingerprint density at radius 2 is 2.29 bits per heavy atom. The van der Waals surface area contributed by atoms with E-state index in [1.807, 2.05) is 13.2 Å². The first-order valence-corrected chi connectivity index (χ1v) is 5.12. The highest BCUT2D eigenvalue weighted by atomic mass is 16.4. The molecule has 0 fully saturated rings. The number of hydrogen-bond donors (Lipinski definition) is 2. The van der Waals surface area contributed by atoms with Crippen LogP contribution in [-0.4, -0.2) is 14.8 Å². The summed E-state index contributed by atoms with van der Waals surface area (Å²) in [6.45, 7) is 0. The molecule has 0 aliphatic heterocycles. The molecule has 2 aromatic heterocycles. The highest BCUT2D eigenvalue weighted by Gasteiger charge is 2.06. The van der Waals surface area contributed by atoms with Gasteiger partial charge in [0.15, 0.2) is 5.58 Å². The number of nitrogen functional groups attached to an aromatic ring is 1. The minimum Gasteiger partial charge on any atom is -0.423 e. The number of rotatable bonds is 2. The first-order valence-electron chi connectivity index (χ1n) is 5.12. The monoisotopic (exact) mass is 229 g/mol. The van der Waals surface area contributed by atoms with Crippen LogP contribution in [0.3, 0.4) is 0 Å². The molecule has 0 unspecified atom stereocenters. The third kappa shape index (κ3) is 1.80.